The van der Waals surface area contributed by atoms with Gasteiger partial charge in [0.15, 0.2) is 0 Å². The van der Waals surface area contributed by atoms with Gasteiger partial charge in [0.2, 0.25) is 5.91 Å². The Bertz CT molecular complexity index is 1450. The molecule has 7 nitrogen and oxygen atoms in total. The Morgan fingerprint density at radius 1 is 0.932 bits per heavy atom. The number of carbonyl (C=O) groups excluding carboxylic acids is 2. The van der Waals surface area contributed by atoms with Crippen LogP contribution >= 0.6 is 11.5 Å². The zero-order valence-electron chi connectivity index (χ0n) is 26.2. The van der Waals surface area contributed by atoms with Crippen molar-refractivity contribution in [3.05, 3.63) is 65.4 Å². The first kappa shape index (κ1) is 30.6. The summed E-state index contributed by atoms with van der Waals surface area (Å²) in [7, 11) is 3.30. The molecule has 0 spiro atoms. The maximum atomic E-state index is 14.3. The van der Waals surface area contributed by atoms with E-state index in [4.69, 9.17) is 13.8 Å². The van der Waals surface area contributed by atoms with E-state index in [2.05, 4.69) is 65.7 Å². The van der Waals surface area contributed by atoms with E-state index in [9.17, 15) is 9.59 Å². The van der Waals surface area contributed by atoms with Crippen molar-refractivity contribution >= 4 is 29.2 Å². The molecule has 0 radical (unpaired) electrons. The molecule has 3 fully saturated rings. The molecule has 44 heavy (non-hydrogen) atoms. The summed E-state index contributed by atoms with van der Waals surface area (Å²) >= 11 is 1.56. The highest BCUT2D eigenvalue weighted by Crippen LogP contribution is 2.43. The van der Waals surface area contributed by atoms with Gasteiger partial charge in [-0.05, 0) is 135 Å². The number of aromatic nitrogens is 1. The van der Waals surface area contributed by atoms with Crippen molar-refractivity contribution < 1.29 is 19.1 Å². The monoisotopic (exact) mass is 615 g/mol. The second-order valence-corrected chi connectivity index (χ2v) is 13.8. The quantitative estimate of drug-likeness (QED) is 0.262. The molecule has 2 aromatic carbocycles. The van der Waals surface area contributed by atoms with Gasteiger partial charge >= 0.3 is 6.09 Å². The maximum Gasteiger partial charge on any atom is 0.407 e. The van der Waals surface area contributed by atoms with Crippen LogP contribution in [0.25, 0.3) is 10.4 Å². The van der Waals surface area contributed by atoms with Crippen LogP contribution in [0.5, 0.6) is 5.75 Å². The van der Waals surface area contributed by atoms with Crippen LogP contribution in [0.2, 0.25) is 0 Å². The third-order valence-corrected chi connectivity index (χ3v) is 10.8. The second kappa shape index (κ2) is 13.7. The normalized spacial score (nSPS) is 23.5. The zero-order chi connectivity index (χ0) is 30.6. The first-order valence-electron chi connectivity index (χ1n) is 16.3. The number of benzene rings is 2. The molecule has 0 atom stereocenters. The summed E-state index contributed by atoms with van der Waals surface area (Å²) in [5.41, 5.74) is 5.90. The van der Waals surface area contributed by atoms with Gasteiger partial charge in [0, 0.05) is 31.1 Å². The van der Waals surface area contributed by atoms with Gasteiger partial charge in [-0.15, -0.1) is 0 Å². The van der Waals surface area contributed by atoms with Crippen LogP contribution in [0.4, 0.5) is 10.5 Å². The molecule has 1 heterocycles. The molecular weight excluding hydrogens is 570 g/mol. The van der Waals surface area contributed by atoms with E-state index in [1.165, 1.54) is 34.5 Å². The van der Waals surface area contributed by atoms with Gasteiger partial charge < -0.3 is 19.7 Å². The third kappa shape index (κ3) is 7.12. The number of anilines is 1. The lowest BCUT2D eigenvalue weighted by Crippen LogP contribution is -2.42. The highest BCUT2D eigenvalue weighted by atomic mass is 32.1. The topological polar surface area (TPSA) is 80.8 Å². The first-order chi connectivity index (χ1) is 21.4. The minimum Gasteiger partial charge on any atom is -0.496 e. The molecule has 1 N–H and O–H groups in total. The van der Waals surface area contributed by atoms with Crippen LogP contribution < -0.4 is 15.0 Å². The van der Waals surface area contributed by atoms with E-state index in [-0.39, 0.29) is 17.9 Å². The van der Waals surface area contributed by atoms with Crippen molar-refractivity contribution in [1.29, 1.82) is 0 Å². The fourth-order valence-corrected chi connectivity index (χ4v) is 7.91. The SMILES string of the molecule is CNC(=O)OC1CCC(C(=O)N(CC2CCC(c3ccc(OC)c(C)c3)CC2)c2cccc(-c3cc(C4CC4)ns3)c2)CC1. The Labute approximate surface area is 265 Å². The van der Waals surface area contributed by atoms with Crippen LogP contribution in [0, 0.1) is 18.8 Å². The number of methoxy groups -OCH3 is 1. The lowest BCUT2D eigenvalue weighted by atomic mass is 9.78. The predicted octanol–water partition coefficient (Wildman–Crippen LogP) is 8.23. The van der Waals surface area contributed by atoms with Crippen molar-refractivity contribution in [3.63, 3.8) is 0 Å². The van der Waals surface area contributed by atoms with E-state index in [0.29, 0.717) is 17.8 Å². The summed E-state index contributed by atoms with van der Waals surface area (Å²) in [5, 5.41) is 2.54. The van der Waals surface area contributed by atoms with E-state index in [1.807, 2.05) is 0 Å². The Balaban J connectivity index is 1.17. The summed E-state index contributed by atoms with van der Waals surface area (Å²) in [5.74, 6) is 2.71. The number of alkyl carbamates (subject to hydrolysis) is 1. The largest absolute Gasteiger partial charge is 0.496 e. The Hall–Kier alpha value is -3.39. The minimum absolute atomic E-state index is 0.0633. The number of nitrogens with one attached hydrogen (secondary N) is 1. The Morgan fingerprint density at radius 3 is 2.36 bits per heavy atom. The average molecular weight is 616 g/mol. The molecule has 1 aromatic heterocycles. The zero-order valence-corrected chi connectivity index (χ0v) is 27.0. The molecule has 0 unspecified atom stereocenters. The fraction of sp³-hybridized carbons (Fsp3) is 0.528. The molecule has 6 rings (SSSR count). The van der Waals surface area contributed by atoms with Crippen molar-refractivity contribution in [2.45, 2.75) is 89.1 Å². The smallest absolute Gasteiger partial charge is 0.407 e. The summed E-state index contributed by atoms with van der Waals surface area (Å²) < 4.78 is 15.7. The Kier molecular flexibility index (Phi) is 9.55. The number of rotatable bonds is 9. The molecule has 0 aliphatic heterocycles. The molecule has 3 aromatic rings. The predicted molar refractivity (Wildman–Crippen MR) is 176 cm³/mol. The summed E-state index contributed by atoms with van der Waals surface area (Å²) in [6.45, 7) is 2.85. The van der Waals surface area contributed by atoms with Gasteiger partial charge in [-0.1, -0.05) is 24.3 Å². The molecule has 2 amide bonds. The van der Waals surface area contributed by atoms with Gasteiger partial charge in [-0.25, -0.2) is 4.79 Å². The van der Waals surface area contributed by atoms with Gasteiger partial charge in [-0.2, -0.15) is 4.37 Å². The third-order valence-electron chi connectivity index (χ3n) is 9.91. The van der Waals surface area contributed by atoms with Crippen LogP contribution in [0.15, 0.2) is 48.5 Å². The maximum absolute atomic E-state index is 14.3. The van der Waals surface area contributed by atoms with Crippen LogP contribution in [0.3, 0.4) is 0 Å². The van der Waals surface area contributed by atoms with Crippen molar-refractivity contribution in [2.24, 2.45) is 11.8 Å². The molecule has 3 aliphatic rings. The molecule has 8 heteroatoms. The molecular formula is C36H45N3O4S. The number of hydrogen-bond donors (Lipinski definition) is 1. The summed E-state index contributed by atoms with van der Waals surface area (Å²) in [6.07, 6.45) is 9.33. The van der Waals surface area contributed by atoms with Crippen LogP contribution in [0.1, 0.15) is 92.9 Å². The lowest BCUT2D eigenvalue weighted by Gasteiger charge is -2.36. The highest BCUT2D eigenvalue weighted by molar-refractivity contribution is 7.09. The van der Waals surface area contributed by atoms with E-state index < -0.39 is 6.09 Å². The number of nitrogens with zero attached hydrogens (tertiary/aromatic N) is 2. The standard InChI is InChI=1S/C36H45N3O4S/c1-23-19-28(15-18-33(23)42-3)25-9-7-24(8-10-25)22-39(35(40)27-13-16-31(17-14-27)43-36(41)37-2)30-6-4-5-29(20-30)34-21-32(38-44-34)26-11-12-26/h4-6,15,18-21,24-27,31H,7-14,16-17,22H2,1-3H3,(H,37,41). The van der Waals surface area contributed by atoms with Crippen LogP contribution in [-0.4, -0.2) is 43.2 Å². The number of amides is 2. The minimum atomic E-state index is -0.397. The number of ether oxygens (including phenoxy) is 2. The van der Waals surface area contributed by atoms with Crippen molar-refractivity contribution in [2.75, 3.05) is 25.6 Å². The van der Waals surface area contributed by atoms with E-state index in [0.717, 1.165) is 74.9 Å². The van der Waals surface area contributed by atoms with Gasteiger partial charge in [0.25, 0.3) is 0 Å². The molecule has 3 saturated carbocycles. The van der Waals surface area contributed by atoms with Gasteiger partial charge in [0.05, 0.1) is 17.7 Å². The van der Waals surface area contributed by atoms with Gasteiger partial charge in [0.1, 0.15) is 11.9 Å². The molecule has 3 aliphatic carbocycles. The molecule has 0 saturated heterocycles. The number of aryl methyl sites for hydroxylation is 1. The lowest BCUT2D eigenvalue weighted by molar-refractivity contribution is -0.124. The number of carbonyl (C=O) groups is 2. The fourth-order valence-electron chi connectivity index (χ4n) is 7.10. The molecule has 0 bridgehead atoms. The average Bonchev–Trinajstić information content (AvgIpc) is 3.79. The summed E-state index contributed by atoms with van der Waals surface area (Å²) in [4.78, 5) is 29.3. The van der Waals surface area contributed by atoms with Crippen LogP contribution in [-0.2, 0) is 9.53 Å². The second-order valence-electron chi connectivity index (χ2n) is 13.0. The van der Waals surface area contributed by atoms with Gasteiger partial charge in [-0.3, -0.25) is 4.79 Å². The highest BCUT2D eigenvalue weighted by Gasteiger charge is 2.34. The van der Waals surface area contributed by atoms with E-state index >= 15 is 0 Å². The van der Waals surface area contributed by atoms with Crippen molar-refractivity contribution in [1.82, 2.24) is 9.69 Å². The van der Waals surface area contributed by atoms with E-state index in [1.54, 1.807) is 25.7 Å². The number of hydrogen-bond acceptors (Lipinski definition) is 6. The molecule has 234 valence electrons. The Morgan fingerprint density at radius 2 is 1.68 bits per heavy atom. The summed E-state index contributed by atoms with van der Waals surface area (Å²) in [6, 6.07) is 17.3. The first-order valence-corrected chi connectivity index (χ1v) is 17.1. The van der Waals surface area contributed by atoms with Crippen molar-refractivity contribution in [3.8, 4) is 16.2 Å².